The number of rotatable bonds is 5. The summed E-state index contributed by atoms with van der Waals surface area (Å²) in [6, 6.07) is 7.74. The van der Waals surface area contributed by atoms with Gasteiger partial charge in [-0.25, -0.2) is 9.97 Å². The lowest BCUT2D eigenvalue weighted by molar-refractivity contribution is -0.117. The van der Waals surface area contributed by atoms with E-state index in [1.54, 1.807) is 17.1 Å². The average Bonchev–Trinajstić information content (AvgIpc) is 3.45. The van der Waals surface area contributed by atoms with Crippen LogP contribution in [0.15, 0.2) is 48.0 Å². The Morgan fingerprint density at radius 3 is 2.68 bits per heavy atom. The molecule has 188 valence electrons. The maximum atomic E-state index is 13.0. The fourth-order valence-corrected chi connectivity index (χ4v) is 5.35. The van der Waals surface area contributed by atoms with E-state index in [1.165, 1.54) is 0 Å². The molecule has 1 amide bonds. The number of anilines is 2. The van der Waals surface area contributed by atoms with Crippen LogP contribution < -0.4 is 11.1 Å². The highest BCUT2D eigenvalue weighted by atomic mass is 16.2. The van der Waals surface area contributed by atoms with Gasteiger partial charge >= 0.3 is 0 Å². The van der Waals surface area contributed by atoms with Gasteiger partial charge in [0.05, 0.1) is 11.4 Å². The minimum atomic E-state index is -0.0688. The van der Waals surface area contributed by atoms with Crippen LogP contribution in [0.3, 0.4) is 0 Å². The topological polar surface area (TPSA) is 127 Å². The standard InChI is InChI=1S/C27H29N9O/c1-15-7-23(21-5-6-35(3)34-21)29-11-18(15)22-8-16-9-24(30-12-19(16)25(28)32-22)33-26(37)17-10-20(17)27(2)13-31-36(4)14-27/h5-9,11-13,17,20H,10,14H2,1-4H3,(H2,28,32)(H,30,33,37)/t17-,20-,27?/m0/s1. The molecule has 0 aromatic carbocycles. The van der Waals surface area contributed by atoms with Gasteiger partial charge in [0.2, 0.25) is 5.91 Å². The number of nitrogens with one attached hydrogen (secondary N) is 1. The van der Waals surface area contributed by atoms with Gasteiger partial charge < -0.3 is 11.1 Å². The van der Waals surface area contributed by atoms with Crippen molar-refractivity contribution < 1.29 is 4.79 Å². The molecule has 0 bridgehead atoms. The fraction of sp³-hybridized carbons (Fsp3) is 0.333. The molecule has 1 aliphatic heterocycles. The maximum absolute atomic E-state index is 13.0. The van der Waals surface area contributed by atoms with Gasteiger partial charge in [0.1, 0.15) is 17.3 Å². The third kappa shape index (κ3) is 4.18. The third-order valence-electron chi connectivity index (χ3n) is 7.45. The average molecular weight is 496 g/mol. The van der Waals surface area contributed by atoms with E-state index >= 15 is 0 Å². The van der Waals surface area contributed by atoms with Crippen molar-refractivity contribution in [1.82, 2.24) is 29.7 Å². The molecule has 0 spiro atoms. The summed E-state index contributed by atoms with van der Waals surface area (Å²) in [7, 11) is 3.84. The summed E-state index contributed by atoms with van der Waals surface area (Å²) >= 11 is 0. The second-order valence-electron chi connectivity index (χ2n) is 10.4. The fourth-order valence-electron chi connectivity index (χ4n) is 5.35. The quantitative estimate of drug-likeness (QED) is 0.434. The second-order valence-corrected chi connectivity index (χ2v) is 10.4. The molecule has 1 saturated carbocycles. The van der Waals surface area contributed by atoms with Crippen molar-refractivity contribution in [3.63, 3.8) is 0 Å². The molecular weight excluding hydrogens is 466 g/mol. The molecule has 10 heteroatoms. The number of amides is 1. The van der Waals surface area contributed by atoms with Crippen molar-refractivity contribution in [3.05, 3.63) is 48.4 Å². The van der Waals surface area contributed by atoms with Gasteiger partial charge in [0, 0.05) is 67.7 Å². The van der Waals surface area contributed by atoms with Crippen LogP contribution in [0.4, 0.5) is 11.6 Å². The van der Waals surface area contributed by atoms with Gasteiger partial charge in [-0.1, -0.05) is 6.92 Å². The molecule has 10 nitrogen and oxygen atoms in total. The van der Waals surface area contributed by atoms with Crippen molar-refractivity contribution in [2.75, 3.05) is 24.6 Å². The number of pyridine rings is 3. The zero-order valence-electron chi connectivity index (χ0n) is 21.3. The maximum Gasteiger partial charge on any atom is 0.228 e. The van der Waals surface area contributed by atoms with Crippen LogP contribution in [-0.4, -0.2) is 55.5 Å². The smallest absolute Gasteiger partial charge is 0.228 e. The summed E-state index contributed by atoms with van der Waals surface area (Å²) in [5, 5.41) is 15.3. The predicted molar refractivity (Wildman–Crippen MR) is 144 cm³/mol. The SMILES string of the molecule is Cc1cc(-c2ccn(C)n2)ncc1-c1cc2cc(NC(=O)[C@H]3C[C@@H]3C3(C)C=NN(C)C3)ncc2c(N)n1. The first-order chi connectivity index (χ1) is 17.7. The highest BCUT2D eigenvalue weighted by Gasteiger charge is 2.54. The molecule has 2 aliphatic rings. The summed E-state index contributed by atoms with van der Waals surface area (Å²) in [6.45, 7) is 5.02. The first-order valence-corrected chi connectivity index (χ1v) is 12.3. The van der Waals surface area contributed by atoms with Gasteiger partial charge in [0.25, 0.3) is 0 Å². The zero-order chi connectivity index (χ0) is 25.9. The number of fused-ring (bicyclic) bond motifs is 1. The third-order valence-corrected chi connectivity index (χ3v) is 7.45. The Labute approximate surface area is 214 Å². The van der Waals surface area contributed by atoms with E-state index < -0.39 is 0 Å². The first-order valence-electron chi connectivity index (χ1n) is 12.3. The highest BCUT2D eigenvalue weighted by Crippen LogP contribution is 2.52. The van der Waals surface area contributed by atoms with E-state index in [1.807, 2.05) is 62.7 Å². The molecule has 1 fully saturated rings. The predicted octanol–water partition coefficient (Wildman–Crippen LogP) is 3.50. The highest BCUT2D eigenvalue weighted by molar-refractivity contribution is 5.99. The molecule has 3 atom stereocenters. The van der Waals surface area contributed by atoms with E-state index in [0.29, 0.717) is 17.3 Å². The molecule has 37 heavy (non-hydrogen) atoms. The summed E-state index contributed by atoms with van der Waals surface area (Å²) in [4.78, 5) is 26.6. The van der Waals surface area contributed by atoms with Crippen molar-refractivity contribution >= 4 is 34.5 Å². The molecule has 5 heterocycles. The number of aryl methyl sites for hydroxylation is 2. The summed E-state index contributed by atoms with van der Waals surface area (Å²) in [5.74, 6) is 1.13. The Morgan fingerprint density at radius 2 is 1.97 bits per heavy atom. The van der Waals surface area contributed by atoms with E-state index in [2.05, 4.69) is 37.4 Å². The van der Waals surface area contributed by atoms with Crippen LogP contribution in [0.25, 0.3) is 33.4 Å². The molecule has 0 saturated heterocycles. The Kier molecular flexibility index (Phi) is 5.22. The van der Waals surface area contributed by atoms with Crippen LogP contribution >= 0.6 is 0 Å². The zero-order valence-corrected chi connectivity index (χ0v) is 21.3. The van der Waals surface area contributed by atoms with E-state index in [4.69, 9.17) is 5.73 Å². The molecule has 1 aliphatic carbocycles. The monoisotopic (exact) mass is 495 g/mol. The minimum absolute atomic E-state index is 0.00608. The van der Waals surface area contributed by atoms with Crippen LogP contribution in [-0.2, 0) is 11.8 Å². The number of nitrogen functional groups attached to an aromatic ring is 1. The number of aromatic nitrogens is 5. The summed E-state index contributed by atoms with van der Waals surface area (Å²) < 4.78 is 1.75. The number of hydrogen-bond acceptors (Lipinski definition) is 8. The van der Waals surface area contributed by atoms with Crippen molar-refractivity contribution in [2.24, 2.45) is 29.4 Å². The summed E-state index contributed by atoms with van der Waals surface area (Å²) in [5.41, 5.74) is 10.5. The Hall–Kier alpha value is -4.34. The van der Waals surface area contributed by atoms with Gasteiger partial charge in [-0.05, 0) is 54.5 Å². The molecule has 1 unspecified atom stereocenters. The molecule has 0 radical (unpaired) electrons. The van der Waals surface area contributed by atoms with E-state index in [0.717, 1.165) is 46.3 Å². The minimum Gasteiger partial charge on any atom is -0.383 e. The van der Waals surface area contributed by atoms with Gasteiger partial charge in [-0.15, -0.1) is 0 Å². The van der Waals surface area contributed by atoms with E-state index in [-0.39, 0.29) is 23.2 Å². The van der Waals surface area contributed by atoms with Gasteiger partial charge in [-0.2, -0.15) is 10.2 Å². The number of hydrogen-bond donors (Lipinski definition) is 2. The molecule has 3 N–H and O–H groups in total. The number of hydrazone groups is 1. The Bertz CT molecular complexity index is 1580. The number of carbonyl (C=O) groups is 1. The van der Waals surface area contributed by atoms with E-state index in [9.17, 15) is 4.79 Å². The van der Waals surface area contributed by atoms with Crippen molar-refractivity contribution in [1.29, 1.82) is 0 Å². The normalized spacial score (nSPS) is 22.5. The van der Waals surface area contributed by atoms with Gasteiger partial charge in [-0.3, -0.25) is 19.5 Å². The van der Waals surface area contributed by atoms with Crippen LogP contribution in [0.1, 0.15) is 18.9 Å². The van der Waals surface area contributed by atoms with Crippen LogP contribution in [0, 0.1) is 24.2 Å². The Morgan fingerprint density at radius 1 is 1.14 bits per heavy atom. The lowest BCUT2D eigenvalue weighted by Crippen LogP contribution is -2.29. The van der Waals surface area contributed by atoms with Gasteiger partial charge in [0.15, 0.2) is 0 Å². The lowest BCUT2D eigenvalue weighted by Gasteiger charge is -2.21. The van der Waals surface area contributed by atoms with Crippen molar-refractivity contribution in [3.8, 4) is 22.6 Å². The largest absolute Gasteiger partial charge is 0.383 e. The summed E-state index contributed by atoms with van der Waals surface area (Å²) in [6.07, 6.45) is 8.19. The lowest BCUT2D eigenvalue weighted by atomic mass is 9.85. The molecule has 6 rings (SSSR count). The van der Waals surface area contributed by atoms with Crippen LogP contribution in [0.2, 0.25) is 0 Å². The number of nitrogens with zero attached hydrogens (tertiary/aromatic N) is 7. The molecular formula is C27H29N9O. The second kappa shape index (κ2) is 8.36. The molecule has 4 aromatic heterocycles. The van der Waals surface area contributed by atoms with Crippen LogP contribution in [0.5, 0.6) is 0 Å². The first kappa shape index (κ1) is 23.1. The number of nitrogens with two attached hydrogens (primary N) is 1. The Balaban J connectivity index is 1.24. The molecule has 4 aromatic rings. The van der Waals surface area contributed by atoms with Crippen molar-refractivity contribution in [2.45, 2.75) is 20.3 Å². The number of carbonyl (C=O) groups excluding carboxylic acids is 1.